The highest BCUT2D eigenvalue weighted by Crippen LogP contribution is 2.35. The van der Waals surface area contributed by atoms with Crippen molar-refractivity contribution in [1.82, 2.24) is 0 Å². The van der Waals surface area contributed by atoms with Crippen LogP contribution in [0, 0.1) is 0 Å². The van der Waals surface area contributed by atoms with Gasteiger partial charge in [0.15, 0.2) is 0 Å². The molecule has 1 rings (SSSR count). The van der Waals surface area contributed by atoms with Gasteiger partial charge in [0.25, 0.3) is 0 Å². The van der Waals surface area contributed by atoms with Crippen molar-refractivity contribution in [3.63, 3.8) is 0 Å². The molecule has 0 aromatic carbocycles. The van der Waals surface area contributed by atoms with Crippen molar-refractivity contribution in [1.29, 1.82) is 0 Å². The topological polar surface area (TPSA) is 21.8 Å². The Bertz CT molecular complexity index is 363. The number of hydrogen-bond donors (Lipinski definition) is 0. The van der Waals surface area contributed by atoms with E-state index in [2.05, 4.69) is 53.8 Å². The van der Waals surface area contributed by atoms with Gasteiger partial charge >= 0.3 is 0 Å². The lowest BCUT2D eigenvalue weighted by Gasteiger charge is -2.39. The highest BCUT2D eigenvalue weighted by molar-refractivity contribution is 6.85. The van der Waals surface area contributed by atoms with E-state index in [9.17, 15) is 0 Å². The van der Waals surface area contributed by atoms with E-state index in [-0.39, 0.29) is 5.60 Å². The first-order chi connectivity index (χ1) is 9.25. The Balaban J connectivity index is 2.94. The first kappa shape index (κ1) is 17.7. The van der Waals surface area contributed by atoms with Crippen LogP contribution in [0.2, 0.25) is 18.6 Å². The molecule has 1 heterocycles. The molecule has 3 heteroatoms. The van der Waals surface area contributed by atoms with E-state index in [1.165, 1.54) is 17.7 Å². The quantitative estimate of drug-likeness (QED) is 0.348. The molecule has 0 radical (unpaired) electrons. The average Bonchev–Trinajstić information content (AvgIpc) is 3.19. The van der Waals surface area contributed by atoms with Gasteiger partial charge in [0.05, 0.1) is 26.9 Å². The first-order valence-corrected chi connectivity index (χ1v) is 10.8. The summed E-state index contributed by atoms with van der Waals surface area (Å²) < 4.78 is 11.5. The number of epoxide rings is 1. The van der Waals surface area contributed by atoms with Crippen molar-refractivity contribution in [2.75, 3.05) is 13.2 Å². The molecule has 0 bridgehead atoms. The molecule has 1 aliphatic heterocycles. The third-order valence-corrected chi connectivity index (χ3v) is 9.77. The smallest absolute Gasteiger partial charge is 0.104 e. The maximum absolute atomic E-state index is 6.21. The second-order valence-corrected chi connectivity index (χ2v) is 11.9. The van der Waals surface area contributed by atoms with Crippen LogP contribution in [0.4, 0.5) is 0 Å². The van der Waals surface area contributed by atoms with Gasteiger partial charge in [0.1, 0.15) is 6.10 Å². The lowest BCUT2D eigenvalue weighted by Crippen LogP contribution is -2.44. The summed E-state index contributed by atoms with van der Waals surface area (Å²) in [6.45, 7) is 19.3. The van der Waals surface area contributed by atoms with Crippen molar-refractivity contribution in [2.24, 2.45) is 0 Å². The summed E-state index contributed by atoms with van der Waals surface area (Å²) in [5.41, 5.74) is 1.03. The van der Waals surface area contributed by atoms with Gasteiger partial charge in [0.2, 0.25) is 0 Å². The van der Waals surface area contributed by atoms with Crippen molar-refractivity contribution in [3.8, 4) is 0 Å². The molecule has 0 aromatic rings. The lowest BCUT2D eigenvalue weighted by molar-refractivity contribution is 0.00636. The average molecular weight is 297 g/mol. The Labute approximate surface area is 126 Å². The van der Waals surface area contributed by atoms with Crippen LogP contribution in [-0.4, -0.2) is 33.0 Å². The molecular weight excluding hydrogens is 264 g/mol. The van der Waals surface area contributed by atoms with E-state index in [0.29, 0.717) is 6.10 Å². The van der Waals surface area contributed by atoms with Crippen LogP contribution in [-0.2, 0) is 9.47 Å². The third kappa shape index (κ3) is 4.87. The Morgan fingerprint density at radius 3 is 2.35 bits per heavy atom. The fourth-order valence-electron chi connectivity index (χ4n) is 2.67. The molecule has 0 saturated carbocycles. The number of rotatable bonds is 9. The molecule has 0 unspecified atom stereocenters. The molecule has 1 saturated heterocycles. The second kappa shape index (κ2) is 7.06. The van der Waals surface area contributed by atoms with Gasteiger partial charge in [-0.3, -0.25) is 0 Å². The first-order valence-electron chi connectivity index (χ1n) is 7.86. The van der Waals surface area contributed by atoms with Gasteiger partial charge in [-0.25, -0.2) is 0 Å². The molecule has 1 atom stereocenters. The van der Waals surface area contributed by atoms with Gasteiger partial charge in [0, 0.05) is 0 Å². The lowest BCUT2D eigenvalue weighted by atomic mass is 10.1. The molecule has 116 valence electrons. The van der Waals surface area contributed by atoms with Gasteiger partial charge in [-0.1, -0.05) is 55.9 Å². The number of hydrogen-bond acceptors (Lipinski definition) is 2. The van der Waals surface area contributed by atoms with Crippen LogP contribution >= 0.6 is 0 Å². The zero-order valence-corrected chi connectivity index (χ0v) is 15.2. The predicted molar refractivity (Wildman–Crippen MR) is 89.9 cm³/mol. The molecule has 0 N–H and O–H groups in total. The second-order valence-electron chi connectivity index (χ2n) is 6.82. The largest absolute Gasteiger partial charge is 0.371 e. The maximum atomic E-state index is 6.21. The van der Waals surface area contributed by atoms with Crippen LogP contribution in [0.1, 0.15) is 41.0 Å². The van der Waals surface area contributed by atoms with Crippen molar-refractivity contribution in [3.05, 3.63) is 23.4 Å². The summed E-state index contributed by atoms with van der Waals surface area (Å²) in [7, 11) is -1.43. The molecule has 0 aliphatic carbocycles. The molecule has 2 nitrogen and oxygen atoms in total. The monoisotopic (exact) mass is 296 g/mol. The summed E-state index contributed by atoms with van der Waals surface area (Å²) in [4.78, 5) is 0. The van der Waals surface area contributed by atoms with Crippen LogP contribution in [0.25, 0.3) is 0 Å². The standard InChI is InChI=1S/C17H32O2Si/c1-8-20(7,9-2)16(11-10-14(3)4)17(5,6)19-13-15-12-18-15/h11,15H,3,8-10,12-13H2,1-2,4-7H3/b16-11-/t15-/m0/s1. The highest BCUT2D eigenvalue weighted by atomic mass is 28.3. The number of ether oxygens (including phenoxy) is 2. The summed E-state index contributed by atoms with van der Waals surface area (Å²) >= 11 is 0. The van der Waals surface area contributed by atoms with Gasteiger partial charge in [-0.2, -0.15) is 0 Å². The summed E-state index contributed by atoms with van der Waals surface area (Å²) in [6, 6.07) is 2.52. The molecule has 0 spiro atoms. The van der Waals surface area contributed by atoms with Gasteiger partial charge in [-0.05, 0) is 27.2 Å². The van der Waals surface area contributed by atoms with Gasteiger partial charge in [-0.15, -0.1) is 0 Å². The van der Waals surface area contributed by atoms with Crippen LogP contribution < -0.4 is 0 Å². The van der Waals surface area contributed by atoms with E-state index < -0.39 is 8.07 Å². The van der Waals surface area contributed by atoms with E-state index in [4.69, 9.17) is 9.47 Å². The van der Waals surface area contributed by atoms with Crippen LogP contribution in [0.5, 0.6) is 0 Å². The zero-order chi connectivity index (χ0) is 15.4. The molecule has 1 fully saturated rings. The minimum Gasteiger partial charge on any atom is -0.371 e. The minimum absolute atomic E-state index is 0.186. The Hall–Kier alpha value is -0.383. The van der Waals surface area contributed by atoms with Crippen LogP contribution in [0.3, 0.4) is 0 Å². The van der Waals surface area contributed by atoms with E-state index >= 15 is 0 Å². The fraction of sp³-hybridized carbons (Fsp3) is 0.765. The molecule has 0 amide bonds. The van der Waals surface area contributed by atoms with E-state index in [1.807, 2.05) is 0 Å². The fourth-order valence-corrected chi connectivity index (χ4v) is 6.05. The molecule has 0 aromatic heterocycles. The zero-order valence-electron chi connectivity index (χ0n) is 14.2. The van der Waals surface area contributed by atoms with Crippen molar-refractivity contribution >= 4 is 8.07 Å². The molecular formula is C17H32O2Si. The SMILES string of the molecule is C=C(C)C/C=C(/C(C)(C)OC[C@@H]1CO1)[Si](C)(CC)CC. The van der Waals surface area contributed by atoms with Crippen molar-refractivity contribution < 1.29 is 9.47 Å². The summed E-state index contributed by atoms with van der Waals surface area (Å²) in [5, 5.41) is 1.54. The Morgan fingerprint density at radius 1 is 1.40 bits per heavy atom. The van der Waals surface area contributed by atoms with E-state index in [1.54, 1.807) is 5.20 Å². The summed E-state index contributed by atoms with van der Waals surface area (Å²) in [5.74, 6) is 0. The Morgan fingerprint density at radius 2 is 1.95 bits per heavy atom. The minimum atomic E-state index is -1.43. The third-order valence-electron chi connectivity index (χ3n) is 4.55. The number of allylic oxidation sites excluding steroid dienone is 2. The predicted octanol–water partition coefficient (Wildman–Crippen LogP) is 4.73. The van der Waals surface area contributed by atoms with Crippen LogP contribution in [0.15, 0.2) is 23.4 Å². The van der Waals surface area contributed by atoms with Crippen molar-refractivity contribution in [2.45, 2.75) is 71.4 Å². The Kier molecular flexibility index (Phi) is 6.23. The molecule has 20 heavy (non-hydrogen) atoms. The summed E-state index contributed by atoms with van der Waals surface area (Å²) in [6.07, 6.45) is 3.69. The molecule has 1 aliphatic rings. The normalized spacial score (nSPS) is 20.1. The van der Waals surface area contributed by atoms with E-state index in [0.717, 1.165) is 19.6 Å². The highest BCUT2D eigenvalue weighted by Gasteiger charge is 2.39. The maximum Gasteiger partial charge on any atom is 0.104 e. The van der Waals surface area contributed by atoms with Gasteiger partial charge < -0.3 is 9.47 Å².